The van der Waals surface area contributed by atoms with Crippen molar-refractivity contribution in [2.75, 3.05) is 6.54 Å². The average Bonchev–Trinajstić information content (AvgIpc) is 2.76. The van der Waals surface area contributed by atoms with E-state index in [1.165, 1.54) is 0 Å². The van der Waals surface area contributed by atoms with Crippen molar-refractivity contribution in [1.29, 1.82) is 0 Å². The van der Waals surface area contributed by atoms with Gasteiger partial charge in [0.1, 0.15) is 5.82 Å². The van der Waals surface area contributed by atoms with Gasteiger partial charge in [-0.1, -0.05) is 6.58 Å². The Labute approximate surface area is 77.1 Å². The van der Waals surface area contributed by atoms with Crippen LogP contribution in [0.1, 0.15) is 18.7 Å². The number of hydrogen-bond donors (Lipinski definition) is 2. The highest BCUT2D eigenvalue weighted by molar-refractivity contribution is 5.77. The fraction of sp³-hybridized carbons (Fsp3) is 0.333. The van der Waals surface area contributed by atoms with E-state index < -0.39 is 0 Å². The van der Waals surface area contributed by atoms with Gasteiger partial charge in [-0.25, -0.2) is 4.98 Å². The molecule has 2 N–H and O–H groups in total. The summed E-state index contributed by atoms with van der Waals surface area (Å²) < 4.78 is 0. The van der Waals surface area contributed by atoms with E-state index >= 15 is 0 Å². The van der Waals surface area contributed by atoms with Gasteiger partial charge in [-0.15, -0.1) is 0 Å². The Morgan fingerprint density at radius 2 is 2.46 bits per heavy atom. The van der Waals surface area contributed by atoms with Gasteiger partial charge in [-0.2, -0.15) is 0 Å². The molecule has 1 aliphatic rings. The number of rotatable bonds is 1. The Morgan fingerprint density at radius 1 is 1.62 bits per heavy atom. The number of aromatic amines is 1. The number of imidazole rings is 1. The number of carbonyl (C=O) groups is 1. The van der Waals surface area contributed by atoms with Gasteiger partial charge >= 0.3 is 0 Å². The molecule has 1 fully saturated rings. The molecule has 4 nitrogen and oxygen atoms in total. The highest BCUT2D eigenvalue weighted by Gasteiger charge is 2.05. The van der Waals surface area contributed by atoms with Crippen LogP contribution in [-0.2, 0) is 4.79 Å². The molecule has 2 heterocycles. The van der Waals surface area contributed by atoms with E-state index in [1.54, 1.807) is 18.5 Å². The van der Waals surface area contributed by atoms with Crippen LogP contribution in [0.2, 0.25) is 0 Å². The quantitative estimate of drug-likeness (QED) is 0.674. The minimum Gasteiger partial charge on any atom is -0.356 e. The van der Waals surface area contributed by atoms with Crippen LogP contribution in [0.4, 0.5) is 0 Å². The van der Waals surface area contributed by atoms with Crippen molar-refractivity contribution in [2.24, 2.45) is 0 Å². The standard InChI is InChI=1S/C5H6N2.C4H7NO/c1-2-5-6-3-4-7-5;6-4-2-1-3-5-4/h2-4H,1H2,(H,6,7);1-3H2,(H,5,6). The lowest BCUT2D eigenvalue weighted by Crippen LogP contribution is -2.12. The number of amides is 1. The maximum absolute atomic E-state index is 10.1. The summed E-state index contributed by atoms with van der Waals surface area (Å²) in [6, 6.07) is 0. The lowest BCUT2D eigenvalue weighted by molar-refractivity contribution is -0.119. The highest BCUT2D eigenvalue weighted by Crippen LogP contribution is 1.93. The van der Waals surface area contributed by atoms with Crippen molar-refractivity contribution in [3.05, 3.63) is 24.8 Å². The molecule has 13 heavy (non-hydrogen) atoms. The minimum absolute atomic E-state index is 0.204. The van der Waals surface area contributed by atoms with Crippen molar-refractivity contribution in [2.45, 2.75) is 12.8 Å². The second-order valence-electron chi connectivity index (χ2n) is 2.63. The highest BCUT2D eigenvalue weighted by atomic mass is 16.1. The molecular weight excluding hydrogens is 166 g/mol. The van der Waals surface area contributed by atoms with Crippen molar-refractivity contribution < 1.29 is 4.79 Å². The predicted octanol–water partition coefficient (Wildman–Crippen LogP) is 0.949. The number of hydrogen-bond acceptors (Lipinski definition) is 2. The summed E-state index contributed by atoms with van der Waals surface area (Å²) in [6.45, 7) is 4.40. The van der Waals surface area contributed by atoms with Gasteiger partial charge in [0.05, 0.1) is 0 Å². The first-order valence-electron chi connectivity index (χ1n) is 4.21. The van der Waals surface area contributed by atoms with Gasteiger partial charge in [0.15, 0.2) is 0 Å². The lowest BCUT2D eigenvalue weighted by Gasteiger charge is -1.80. The normalized spacial score (nSPS) is 14.3. The van der Waals surface area contributed by atoms with Crippen molar-refractivity contribution in [1.82, 2.24) is 15.3 Å². The molecule has 1 aromatic heterocycles. The van der Waals surface area contributed by atoms with E-state index in [1.807, 2.05) is 0 Å². The molecule has 0 atom stereocenters. The maximum Gasteiger partial charge on any atom is 0.220 e. The summed E-state index contributed by atoms with van der Waals surface area (Å²) in [7, 11) is 0. The lowest BCUT2D eigenvalue weighted by atomic mass is 10.4. The van der Waals surface area contributed by atoms with E-state index in [0.717, 1.165) is 25.2 Å². The van der Waals surface area contributed by atoms with Crippen LogP contribution in [0.15, 0.2) is 19.0 Å². The molecule has 0 unspecified atom stereocenters. The van der Waals surface area contributed by atoms with Gasteiger partial charge in [0.25, 0.3) is 0 Å². The molecular formula is C9H13N3O. The van der Waals surface area contributed by atoms with E-state index in [4.69, 9.17) is 0 Å². The Bertz CT molecular complexity index is 258. The van der Waals surface area contributed by atoms with E-state index in [2.05, 4.69) is 21.9 Å². The molecule has 0 spiro atoms. The zero-order valence-corrected chi connectivity index (χ0v) is 7.42. The topological polar surface area (TPSA) is 57.8 Å². The third-order valence-electron chi connectivity index (χ3n) is 1.62. The van der Waals surface area contributed by atoms with Crippen molar-refractivity contribution in [3.63, 3.8) is 0 Å². The molecule has 0 bridgehead atoms. The molecule has 1 aromatic rings. The summed E-state index contributed by atoms with van der Waals surface area (Å²) in [6.07, 6.45) is 6.88. The van der Waals surface area contributed by atoms with Crippen LogP contribution in [0.3, 0.4) is 0 Å². The first kappa shape index (κ1) is 9.51. The monoisotopic (exact) mass is 179 g/mol. The SMILES string of the molecule is C=Cc1ncc[nH]1.O=C1CCCN1. The fourth-order valence-electron chi connectivity index (χ4n) is 0.954. The zero-order chi connectivity index (χ0) is 9.52. The Balaban J connectivity index is 0.000000132. The molecule has 1 amide bonds. The summed E-state index contributed by atoms with van der Waals surface area (Å²) in [5, 5.41) is 2.68. The summed E-state index contributed by atoms with van der Waals surface area (Å²) >= 11 is 0. The van der Waals surface area contributed by atoms with E-state index in [0.29, 0.717) is 0 Å². The maximum atomic E-state index is 10.1. The summed E-state index contributed by atoms with van der Waals surface area (Å²) in [4.78, 5) is 16.9. The van der Waals surface area contributed by atoms with Crippen LogP contribution in [0.5, 0.6) is 0 Å². The third-order valence-corrected chi connectivity index (χ3v) is 1.62. The molecule has 0 aliphatic carbocycles. The van der Waals surface area contributed by atoms with Crippen LogP contribution >= 0.6 is 0 Å². The number of nitrogens with zero attached hydrogens (tertiary/aromatic N) is 1. The second kappa shape index (κ2) is 5.13. The van der Waals surface area contributed by atoms with E-state index in [9.17, 15) is 4.79 Å². The Kier molecular flexibility index (Phi) is 3.75. The van der Waals surface area contributed by atoms with Crippen molar-refractivity contribution in [3.8, 4) is 0 Å². The third kappa shape index (κ3) is 3.55. The Morgan fingerprint density at radius 3 is 2.69 bits per heavy atom. The second-order valence-corrected chi connectivity index (χ2v) is 2.63. The number of nitrogens with one attached hydrogen (secondary N) is 2. The first-order chi connectivity index (χ1) is 6.33. The van der Waals surface area contributed by atoms with Gasteiger partial charge < -0.3 is 10.3 Å². The van der Waals surface area contributed by atoms with Gasteiger partial charge in [-0.3, -0.25) is 4.79 Å². The van der Waals surface area contributed by atoms with Crippen LogP contribution in [0.25, 0.3) is 6.08 Å². The van der Waals surface area contributed by atoms with Gasteiger partial charge in [0, 0.05) is 25.4 Å². The molecule has 1 saturated heterocycles. The number of H-pyrrole nitrogens is 1. The predicted molar refractivity (Wildman–Crippen MR) is 50.9 cm³/mol. The summed E-state index contributed by atoms with van der Waals surface area (Å²) in [5.74, 6) is 1.02. The van der Waals surface area contributed by atoms with Gasteiger partial charge in [-0.05, 0) is 12.5 Å². The summed E-state index contributed by atoms with van der Waals surface area (Å²) in [5.41, 5.74) is 0. The molecule has 1 aliphatic heterocycles. The minimum atomic E-state index is 0.204. The van der Waals surface area contributed by atoms with Crippen molar-refractivity contribution >= 4 is 12.0 Å². The first-order valence-corrected chi connectivity index (χ1v) is 4.21. The largest absolute Gasteiger partial charge is 0.356 e. The molecule has 70 valence electrons. The smallest absolute Gasteiger partial charge is 0.220 e. The molecule has 0 radical (unpaired) electrons. The zero-order valence-electron chi connectivity index (χ0n) is 7.42. The molecule has 0 aromatic carbocycles. The van der Waals surface area contributed by atoms with Crippen LogP contribution in [0, 0.1) is 0 Å². The van der Waals surface area contributed by atoms with E-state index in [-0.39, 0.29) is 5.91 Å². The fourth-order valence-corrected chi connectivity index (χ4v) is 0.954. The molecule has 0 saturated carbocycles. The Hall–Kier alpha value is -1.58. The molecule has 2 rings (SSSR count). The molecule has 4 heteroatoms. The van der Waals surface area contributed by atoms with Crippen LogP contribution < -0.4 is 5.32 Å². The number of carbonyl (C=O) groups excluding carboxylic acids is 1. The van der Waals surface area contributed by atoms with Gasteiger partial charge in [0.2, 0.25) is 5.91 Å². The average molecular weight is 179 g/mol. The number of aromatic nitrogens is 2. The van der Waals surface area contributed by atoms with Crippen LogP contribution in [-0.4, -0.2) is 22.4 Å².